The number of hydrogen-bond acceptors (Lipinski definition) is 1. The van der Waals surface area contributed by atoms with Crippen LogP contribution in [0.1, 0.15) is 24.9 Å². The summed E-state index contributed by atoms with van der Waals surface area (Å²) in [6, 6.07) is 4.52. The summed E-state index contributed by atoms with van der Waals surface area (Å²) >= 11 is 5.66. The topological polar surface area (TPSA) is 26.0 Å². The van der Waals surface area contributed by atoms with Crippen molar-refractivity contribution in [3.8, 4) is 0 Å². The first kappa shape index (κ1) is 9.94. The van der Waals surface area contributed by atoms with Crippen molar-refractivity contribution in [1.82, 2.24) is 0 Å². The molecule has 0 spiro atoms. The van der Waals surface area contributed by atoms with Gasteiger partial charge in [0, 0.05) is 16.6 Å². The van der Waals surface area contributed by atoms with Gasteiger partial charge >= 0.3 is 0 Å². The summed E-state index contributed by atoms with van der Waals surface area (Å²) < 4.78 is 13.5. The minimum atomic E-state index is -0.288. The molecular formula is C11H13ClFN. The van der Waals surface area contributed by atoms with E-state index < -0.39 is 0 Å². The minimum Gasteiger partial charge on any atom is -0.324 e. The fourth-order valence-corrected chi connectivity index (χ4v) is 2.01. The molecule has 1 aliphatic carbocycles. The van der Waals surface area contributed by atoms with Crippen LogP contribution in [0.5, 0.6) is 0 Å². The first-order chi connectivity index (χ1) is 6.59. The Kier molecular flexibility index (Phi) is 2.50. The van der Waals surface area contributed by atoms with Gasteiger partial charge in [0.2, 0.25) is 0 Å². The standard InChI is InChI=1S/C11H13ClFN/c1-6-4-9(6)11(14)8-3-2-7(12)5-10(8)13/h2-3,5-6,9,11H,4,14H2,1H3. The Balaban J connectivity index is 2.23. The van der Waals surface area contributed by atoms with E-state index in [1.807, 2.05) is 0 Å². The highest BCUT2D eigenvalue weighted by Crippen LogP contribution is 2.46. The van der Waals surface area contributed by atoms with Crippen molar-refractivity contribution in [1.29, 1.82) is 0 Å². The zero-order valence-electron chi connectivity index (χ0n) is 8.00. The van der Waals surface area contributed by atoms with Gasteiger partial charge in [0.1, 0.15) is 5.82 Å². The van der Waals surface area contributed by atoms with Crippen LogP contribution >= 0.6 is 11.6 Å². The highest BCUT2D eigenvalue weighted by molar-refractivity contribution is 6.30. The molecule has 3 heteroatoms. The van der Waals surface area contributed by atoms with Gasteiger partial charge in [0.15, 0.2) is 0 Å². The molecule has 3 unspecified atom stereocenters. The molecule has 1 aromatic rings. The van der Waals surface area contributed by atoms with E-state index in [-0.39, 0.29) is 11.9 Å². The molecular weight excluding hydrogens is 201 g/mol. The fourth-order valence-electron chi connectivity index (χ4n) is 1.85. The third-order valence-electron chi connectivity index (χ3n) is 2.95. The molecule has 0 heterocycles. The van der Waals surface area contributed by atoms with Crippen LogP contribution in [0.2, 0.25) is 5.02 Å². The van der Waals surface area contributed by atoms with Gasteiger partial charge in [0.25, 0.3) is 0 Å². The molecule has 0 aromatic heterocycles. The van der Waals surface area contributed by atoms with Gasteiger partial charge in [0.05, 0.1) is 0 Å². The first-order valence-corrected chi connectivity index (χ1v) is 5.18. The summed E-state index contributed by atoms with van der Waals surface area (Å²) in [5.74, 6) is 0.773. The van der Waals surface area contributed by atoms with Crippen molar-refractivity contribution in [3.05, 3.63) is 34.6 Å². The molecule has 0 radical (unpaired) electrons. The SMILES string of the molecule is CC1CC1C(N)c1ccc(Cl)cc1F. The van der Waals surface area contributed by atoms with E-state index in [0.29, 0.717) is 22.4 Å². The van der Waals surface area contributed by atoms with Gasteiger partial charge in [-0.1, -0.05) is 24.6 Å². The third-order valence-corrected chi connectivity index (χ3v) is 3.19. The summed E-state index contributed by atoms with van der Waals surface area (Å²) in [6.07, 6.45) is 1.10. The van der Waals surface area contributed by atoms with Crippen LogP contribution in [0, 0.1) is 17.7 Å². The molecule has 0 amide bonds. The summed E-state index contributed by atoms with van der Waals surface area (Å²) in [4.78, 5) is 0. The van der Waals surface area contributed by atoms with E-state index in [4.69, 9.17) is 17.3 Å². The number of halogens is 2. The van der Waals surface area contributed by atoms with E-state index in [0.717, 1.165) is 6.42 Å². The van der Waals surface area contributed by atoms with Gasteiger partial charge in [-0.2, -0.15) is 0 Å². The van der Waals surface area contributed by atoms with E-state index in [2.05, 4.69) is 6.92 Å². The lowest BCUT2D eigenvalue weighted by Crippen LogP contribution is -2.15. The third kappa shape index (κ3) is 1.77. The van der Waals surface area contributed by atoms with Crippen LogP contribution in [0.4, 0.5) is 4.39 Å². The molecule has 1 saturated carbocycles. The Morgan fingerprint density at radius 2 is 2.21 bits per heavy atom. The number of benzene rings is 1. The summed E-state index contributed by atoms with van der Waals surface area (Å²) in [6.45, 7) is 2.14. The predicted molar refractivity (Wildman–Crippen MR) is 55.6 cm³/mol. The lowest BCUT2D eigenvalue weighted by Gasteiger charge is -2.12. The van der Waals surface area contributed by atoms with Crippen LogP contribution < -0.4 is 5.73 Å². The second kappa shape index (κ2) is 3.52. The maximum atomic E-state index is 13.5. The molecule has 1 fully saturated rings. The average Bonchev–Trinajstić information content (AvgIpc) is 2.81. The molecule has 0 aliphatic heterocycles. The second-order valence-electron chi connectivity index (χ2n) is 4.07. The lowest BCUT2D eigenvalue weighted by atomic mass is 10.0. The lowest BCUT2D eigenvalue weighted by molar-refractivity contribution is 0.537. The van der Waals surface area contributed by atoms with Crippen molar-refractivity contribution < 1.29 is 4.39 Å². The second-order valence-corrected chi connectivity index (χ2v) is 4.50. The van der Waals surface area contributed by atoms with E-state index in [1.54, 1.807) is 12.1 Å². The number of nitrogens with two attached hydrogens (primary N) is 1. The zero-order chi connectivity index (χ0) is 10.3. The molecule has 76 valence electrons. The average molecular weight is 214 g/mol. The van der Waals surface area contributed by atoms with Crippen molar-refractivity contribution in [3.63, 3.8) is 0 Å². The highest BCUT2D eigenvalue weighted by atomic mass is 35.5. The van der Waals surface area contributed by atoms with Gasteiger partial charge in [-0.25, -0.2) is 4.39 Å². The molecule has 1 aromatic carbocycles. The molecule has 14 heavy (non-hydrogen) atoms. The summed E-state index contributed by atoms with van der Waals surface area (Å²) in [7, 11) is 0. The van der Waals surface area contributed by atoms with Gasteiger partial charge in [-0.3, -0.25) is 0 Å². The Hall–Kier alpha value is -0.600. The molecule has 0 bridgehead atoms. The summed E-state index contributed by atoms with van der Waals surface area (Å²) in [5.41, 5.74) is 6.55. The Labute approximate surface area is 88.1 Å². The van der Waals surface area contributed by atoms with Crippen LogP contribution in [-0.2, 0) is 0 Å². The summed E-state index contributed by atoms with van der Waals surface area (Å²) in [5, 5.41) is 0.419. The molecule has 2 rings (SSSR count). The van der Waals surface area contributed by atoms with Crippen molar-refractivity contribution >= 4 is 11.6 Å². The van der Waals surface area contributed by atoms with Gasteiger partial charge < -0.3 is 5.73 Å². The highest BCUT2D eigenvalue weighted by Gasteiger charge is 2.39. The smallest absolute Gasteiger partial charge is 0.129 e. The molecule has 1 nitrogen and oxygen atoms in total. The molecule has 0 saturated heterocycles. The maximum absolute atomic E-state index is 13.5. The van der Waals surface area contributed by atoms with Gasteiger partial charge in [-0.15, -0.1) is 0 Å². The molecule has 2 N–H and O–H groups in total. The van der Waals surface area contributed by atoms with Crippen molar-refractivity contribution in [2.45, 2.75) is 19.4 Å². The van der Waals surface area contributed by atoms with E-state index >= 15 is 0 Å². The first-order valence-electron chi connectivity index (χ1n) is 4.80. The Bertz CT molecular complexity index is 353. The van der Waals surface area contributed by atoms with Crippen LogP contribution in [0.25, 0.3) is 0 Å². The molecule has 1 aliphatic rings. The number of hydrogen-bond donors (Lipinski definition) is 1. The van der Waals surface area contributed by atoms with Crippen LogP contribution in [0.3, 0.4) is 0 Å². The zero-order valence-corrected chi connectivity index (χ0v) is 8.76. The molecule has 3 atom stereocenters. The van der Waals surface area contributed by atoms with Gasteiger partial charge in [-0.05, 0) is 30.4 Å². The number of rotatable bonds is 2. The quantitative estimate of drug-likeness (QED) is 0.803. The Morgan fingerprint density at radius 1 is 1.57 bits per heavy atom. The minimum absolute atomic E-state index is 0.178. The maximum Gasteiger partial charge on any atom is 0.129 e. The Morgan fingerprint density at radius 3 is 2.71 bits per heavy atom. The van der Waals surface area contributed by atoms with E-state index in [1.165, 1.54) is 6.07 Å². The normalized spacial score (nSPS) is 27.4. The van der Waals surface area contributed by atoms with Crippen LogP contribution in [0.15, 0.2) is 18.2 Å². The largest absolute Gasteiger partial charge is 0.324 e. The predicted octanol–water partition coefficient (Wildman–Crippen LogP) is 3.13. The fraction of sp³-hybridized carbons (Fsp3) is 0.455. The van der Waals surface area contributed by atoms with Crippen molar-refractivity contribution in [2.24, 2.45) is 17.6 Å². The van der Waals surface area contributed by atoms with Crippen LogP contribution in [-0.4, -0.2) is 0 Å². The van der Waals surface area contributed by atoms with E-state index in [9.17, 15) is 4.39 Å². The van der Waals surface area contributed by atoms with Crippen molar-refractivity contribution in [2.75, 3.05) is 0 Å². The monoisotopic (exact) mass is 213 g/mol.